The molecular weight excluding hydrogens is 1140 g/mol. The number of allylic oxidation sites excluding steroid dienone is 3. The lowest BCUT2D eigenvalue weighted by Crippen LogP contribution is -2.60. The van der Waals surface area contributed by atoms with Crippen molar-refractivity contribution in [2.75, 3.05) is 13.2 Å². The number of ether oxygens (including phenoxy) is 2. The van der Waals surface area contributed by atoms with Gasteiger partial charge in [-0.15, -0.1) is 0 Å². The molecule has 6 N–H and O–H groups in total. The zero-order valence-electron chi connectivity index (χ0n) is 61.6. The van der Waals surface area contributed by atoms with Gasteiger partial charge in [0.25, 0.3) is 0 Å². The molecule has 1 aliphatic rings. The van der Waals surface area contributed by atoms with Crippen LogP contribution in [-0.2, 0) is 14.3 Å². The largest absolute Gasteiger partial charge is 0.394 e. The fraction of sp³-hybridized carbons (Fsp3) is 0.940. The molecular formula is C83H161NO8. The molecule has 7 atom stereocenters. The summed E-state index contributed by atoms with van der Waals surface area (Å²) in [5, 5.41) is 54.9. The molecule has 0 radical (unpaired) electrons. The summed E-state index contributed by atoms with van der Waals surface area (Å²) in [6.45, 7) is 3.84. The van der Waals surface area contributed by atoms with Crippen molar-refractivity contribution in [3.63, 3.8) is 0 Å². The van der Waals surface area contributed by atoms with Crippen molar-refractivity contribution in [2.24, 2.45) is 0 Å². The van der Waals surface area contributed by atoms with Gasteiger partial charge in [-0.3, -0.25) is 4.79 Å². The highest BCUT2D eigenvalue weighted by atomic mass is 16.7. The third-order valence-electron chi connectivity index (χ3n) is 20.3. The van der Waals surface area contributed by atoms with Crippen molar-refractivity contribution in [3.8, 4) is 0 Å². The number of aliphatic hydroxyl groups is 5. The normalized spacial score (nSPS) is 17.7. The predicted molar refractivity (Wildman–Crippen MR) is 397 cm³/mol. The number of hydrogen-bond acceptors (Lipinski definition) is 8. The van der Waals surface area contributed by atoms with Crippen LogP contribution in [0.1, 0.15) is 444 Å². The molecule has 1 amide bonds. The Morgan fingerprint density at radius 3 is 0.913 bits per heavy atom. The molecule has 0 saturated carbocycles. The maximum absolute atomic E-state index is 13.2. The first-order chi connectivity index (χ1) is 45.3. The van der Waals surface area contributed by atoms with Gasteiger partial charge in [0, 0.05) is 6.42 Å². The standard InChI is InChI=1S/C83H161NO8/c1-3-5-7-9-11-13-15-17-19-21-23-25-27-29-31-33-35-36-37-38-39-40-41-42-43-45-47-49-51-53-55-57-59-61-63-65-67-69-71-73-79(87)84-76(75-91-83-82(90)81(89)80(88)78(74-85)92-83)77(86)72-70-68-66-64-62-60-58-56-54-52-50-48-46-44-34-32-30-28-26-24-22-20-18-16-14-12-10-8-6-4-2/h62,64,70,72,76-78,80-83,85-86,88-90H,3-61,63,65-69,71,73-75H2,1-2H3,(H,84,87)/b64-62+,72-70+. The number of carbonyl (C=O) groups excluding carboxylic acids is 1. The van der Waals surface area contributed by atoms with E-state index in [1.54, 1.807) is 6.08 Å². The van der Waals surface area contributed by atoms with Gasteiger partial charge in [0.05, 0.1) is 25.4 Å². The van der Waals surface area contributed by atoms with E-state index < -0.39 is 49.5 Å². The van der Waals surface area contributed by atoms with Crippen LogP contribution in [0.25, 0.3) is 0 Å². The Balaban J connectivity index is 2.04. The summed E-state index contributed by atoms with van der Waals surface area (Å²) in [6, 6.07) is -0.821. The first-order valence-corrected chi connectivity index (χ1v) is 41.6. The number of amides is 1. The van der Waals surface area contributed by atoms with Crippen LogP contribution in [0.15, 0.2) is 24.3 Å². The van der Waals surface area contributed by atoms with Crippen LogP contribution in [0, 0.1) is 0 Å². The quantitative estimate of drug-likeness (QED) is 0.0261. The molecule has 9 heteroatoms. The highest BCUT2D eigenvalue weighted by molar-refractivity contribution is 5.76. The Kier molecular flexibility index (Phi) is 69.8. The molecule has 92 heavy (non-hydrogen) atoms. The molecule has 1 aliphatic heterocycles. The lowest BCUT2D eigenvalue weighted by Gasteiger charge is -2.40. The fourth-order valence-electron chi connectivity index (χ4n) is 13.8. The lowest BCUT2D eigenvalue weighted by molar-refractivity contribution is -0.302. The van der Waals surface area contributed by atoms with Gasteiger partial charge in [-0.05, 0) is 32.1 Å². The van der Waals surface area contributed by atoms with Crippen molar-refractivity contribution in [3.05, 3.63) is 24.3 Å². The van der Waals surface area contributed by atoms with E-state index in [0.717, 1.165) is 38.5 Å². The van der Waals surface area contributed by atoms with Crippen LogP contribution >= 0.6 is 0 Å². The molecule has 1 heterocycles. The van der Waals surface area contributed by atoms with Gasteiger partial charge in [-0.25, -0.2) is 0 Å². The van der Waals surface area contributed by atoms with Crippen LogP contribution in [0.3, 0.4) is 0 Å². The Morgan fingerprint density at radius 2 is 0.620 bits per heavy atom. The molecule has 7 unspecified atom stereocenters. The zero-order chi connectivity index (χ0) is 66.4. The molecule has 1 fully saturated rings. The van der Waals surface area contributed by atoms with Gasteiger partial charge >= 0.3 is 0 Å². The zero-order valence-corrected chi connectivity index (χ0v) is 61.6. The molecule has 0 aromatic rings. The number of aliphatic hydroxyl groups excluding tert-OH is 5. The summed E-state index contributed by atoms with van der Waals surface area (Å²) in [6.07, 6.45) is 90.7. The van der Waals surface area contributed by atoms with Crippen molar-refractivity contribution in [2.45, 2.75) is 487 Å². The number of hydrogen-bond donors (Lipinski definition) is 6. The predicted octanol–water partition coefficient (Wildman–Crippen LogP) is 23.9. The molecule has 0 aromatic heterocycles. The van der Waals surface area contributed by atoms with E-state index in [-0.39, 0.29) is 12.5 Å². The highest BCUT2D eigenvalue weighted by Crippen LogP contribution is 2.24. The van der Waals surface area contributed by atoms with Crippen LogP contribution < -0.4 is 5.32 Å². The van der Waals surface area contributed by atoms with E-state index in [4.69, 9.17) is 9.47 Å². The smallest absolute Gasteiger partial charge is 0.220 e. The molecule has 0 aromatic carbocycles. The monoisotopic (exact) mass is 1300 g/mol. The Morgan fingerprint density at radius 1 is 0.359 bits per heavy atom. The van der Waals surface area contributed by atoms with Crippen LogP contribution in [0.5, 0.6) is 0 Å². The summed E-state index contributed by atoms with van der Waals surface area (Å²) in [7, 11) is 0. The number of rotatable bonds is 75. The van der Waals surface area contributed by atoms with E-state index in [1.807, 2.05) is 6.08 Å². The Hall–Kier alpha value is -1.33. The summed E-state index contributed by atoms with van der Waals surface area (Å²) >= 11 is 0. The molecule has 0 aliphatic carbocycles. The first kappa shape index (κ1) is 88.7. The van der Waals surface area contributed by atoms with E-state index in [0.29, 0.717) is 6.42 Å². The van der Waals surface area contributed by atoms with Crippen molar-refractivity contribution >= 4 is 5.91 Å². The SMILES string of the molecule is CCCCCCCCCCCCCCCCCCCCCCCCCC/C=C/CC/C=C/C(O)C(COC1OC(CO)C(O)C(O)C1O)NC(=O)CCCCCCCCCCCCCCCCCCCCCCCCCCCCCCCCCCCCCCCCC. The average Bonchev–Trinajstić information content (AvgIpc) is 1.01. The molecule has 1 rings (SSSR count). The minimum absolute atomic E-state index is 0.176. The third kappa shape index (κ3) is 59.9. The molecule has 9 nitrogen and oxygen atoms in total. The van der Waals surface area contributed by atoms with Gasteiger partial charge in [-0.2, -0.15) is 0 Å². The third-order valence-corrected chi connectivity index (χ3v) is 20.3. The van der Waals surface area contributed by atoms with Crippen LogP contribution in [0.4, 0.5) is 0 Å². The van der Waals surface area contributed by atoms with Crippen molar-refractivity contribution in [1.29, 1.82) is 0 Å². The summed E-state index contributed by atoms with van der Waals surface area (Å²) in [5.74, 6) is -0.176. The molecule has 546 valence electrons. The van der Waals surface area contributed by atoms with Gasteiger partial charge in [0.1, 0.15) is 24.4 Å². The number of carbonyl (C=O) groups is 1. The van der Waals surface area contributed by atoms with Gasteiger partial charge in [0.2, 0.25) is 5.91 Å². The second-order valence-electron chi connectivity index (χ2n) is 29.3. The second kappa shape index (κ2) is 72.4. The Labute approximate surface area is 572 Å². The highest BCUT2D eigenvalue weighted by Gasteiger charge is 2.44. The van der Waals surface area contributed by atoms with Gasteiger partial charge in [0.15, 0.2) is 6.29 Å². The lowest BCUT2D eigenvalue weighted by atomic mass is 9.99. The molecule has 0 bridgehead atoms. The first-order valence-electron chi connectivity index (χ1n) is 41.6. The van der Waals surface area contributed by atoms with Crippen LogP contribution in [-0.4, -0.2) is 87.5 Å². The van der Waals surface area contributed by atoms with E-state index >= 15 is 0 Å². The number of nitrogens with one attached hydrogen (secondary N) is 1. The maximum Gasteiger partial charge on any atom is 0.220 e. The minimum Gasteiger partial charge on any atom is -0.394 e. The molecule has 1 saturated heterocycles. The van der Waals surface area contributed by atoms with Crippen molar-refractivity contribution in [1.82, 2.24) is 5.32 Å². The van der Waals surface area contributed by atoms with Crippen LogP contribution in [0.2, 0.25) is 0 Å². The molecule has 0 spiro atoms. The topological polar surface area (TPSA) is 149 Å². The average molecular weight is 1300 g/mol. The minimum atomic E-state index is -1.57. The van der Waals surface area contributed by atoms with Gasteiger partial charge in [-0.1, -0.05) is 430 Å². The van der Waals surface area contributed by atoms with Gasteiger partial charge < -0.3 is 40.3 Å². The second-order valence-corrected chi connectivity index (χ2v) is 29.3. The van der Waals surface area contributed by atoms with E-state index in [2.05, 4.69) is 31.3 Å². The Bertz CT molecular complexity index is 1510. The summed E-state index contributed by atoms with van der Waals surface area (Å²) < 4.78 is 11.3. The summed E-state index contributed by atoms with van der Waals surface area (Å²) in [4.78, 5) is 13.2. The summed E-state index contributed by atoms with van der Waals surface area (Å²) in [5.41, 5.74) is 0. The van der Waals surface area contributed by atoms with E-state index in [9.17, 15) is 30.3 Å². The fourth-order valence-corrected chi connectivity index (χ4v) is 13.8. The van der Waals surface area contributed by atoms with Crippen molar-refractivity contribution < 1.29 is 39.8 Å². The van der Waals surface area contributed by atoms with E-state index in [1.165, 1.54) is 385 Å². The maximum atomic E-state index is 13.2. The number of unbranched alkanes of at least 4 members (excludes halogenated alkanes) is 63.